The number of aromatic nitrogens is 2. The van der Waals surface area contributed by atoms with E-state index in [2.05, 4.69) is 25.1 Å². The van der Waals surface area contributed by atoms with Gasteiger partial charge in [0, 0.05) is 7.05 Å². The molecule has 10 heavy (non-hydrogen) atoms. The summed E-state index contributed by atoms with van der Waals surface area (Å²) in [5.41, 5.74) is 1.14. The minimum atomic E-state index is 0.567. The van der Waals surface area contributed by atoms with Crippen molar-refractivity contribution >= 4 is 0 Å². The van der Waals surface area contributed by atoms with Crippen LogP contribution in [-0.4, -0.2) is 9.78 Å². The van der Waals surface area contributed by atoms with Crippen molar-refractivity contribution in [2.75, 3.05) is 0 Å². The molecule has 0 fully saturated rings. The van der Waals surface area contributed by atoms with Gasteiger partial charge >= 0.3 is 0 Å². The summed E-state index contributed by atoms with van der Waals surface area (Å²) < 4.78 is 1.72. The predicted molar refractivity (Wildman–Crippen MR) is 40.8 cm³/mol. The van der Waals surface area contributed by atoms with Crippen molar-refractivity contribution in [2.24, 2.45) is 7.05 Å². The number of nitrogens with zero attached hydrogens (tertiary/aromatic N) is 2. The van der Waals surface area contributed by atoms with E-state index in [1.165, 1.54) is 0 Å². The third-order valence-corrected chi connectivity index (χ3v) is 1.78. The minimum absolute atomic E-state index is 0.567. The van der Waals surface area contributed by atoms with Gasteiger partial charge in [-0.25, -0.2) is 0 Å². The molecule has 1 radical (unpaired) electrons. The first-order chi connectivity index (χ1) is 4.74. The molecule has 0 aliphatic heterocycles. The predicted octanol–water partition coefficient (Wildman–Crippen LogP) is 1.73. The first-order valence-electron chi connectivity index (χ1n) is 3.65. The van der Waals surface area contributed by atoms with E-state index in [4.69, 9.17) is 0 Å². The smallest absolute Gasteiger partial charge is 0.0862 e. The van der Waals surface area contributed by atoms with E-state index in [0.29, 0.717) is 5.92 Å². The van der Waals surface area contributed by atoms with Crippen molar-refractivity contribution < 1.29 is 0 Å². The maximum absolute atomic E-state index is 4.24. The molecule has 2 heteroatoms. The van der Waals surface area contributed by atoms with Crippen LogP contribution in [0.25, 0.3) is 0 Å². The van der Waals surface area contributed by atoms with E-state index in [0.717, 1.165) is 12.1 Å². The highest BCUT2D eigenvalue weighted by Crippen LogP contribution is 2.14. The van der Waals surface area contributed by atoms with E-state index in [9.17, 15) is 0 Å². The van der Waals surface area contributed by atoms with Crippen LogP contribution in [0.15, 0.2) is 6.07 Å². The van der Waals surface area contributed by atoms with E-state index in [-0.39, 0.29) is 0 Å². The number of rotatable bonds is 2. The van der Waals surface area contributed by atoms with Gasteiger partial charge in [0.05, 0.1) is 11.9 Å². The van der Waals surface area contributed by atoms with Gasteiger partial charge in [0.15, 0.2) is 0 Å². The zero-order valence-corrected chi connectivity index (χ0v) is 6.76. The van der Waals surface area contributed by atoms with E-state index in [1.807, 2.05) is 13.1 Å². The average Bonchev–Trinajstić information content (AvgIpc) is 2.34. The fourth-order valence-electron chi connectivity index (χ4n) is 0.840. The Bertz CT molecular complexity index is 203. The molecule has 2 nitrogen and oxygen atoms in total. The van der Waals surface area contributed by atoms with Gasteiger partial charge in [-0.1, -0.05) is 13.8 Å². The highest BCUT2D eigenvalue weighted by atomic mass is 15.2. The van der Waals surface area contributed by atoms with Crippen LogP contribution in [0.2, 0.25) is 0 Å². The van der Waals surface area contributed by atoms with Crippen molar-refractivity contribution in [3.63, 3.8) is 0 Å². The molecule has 55 valence electrons. The van der Waals surface area contributed by atoms with Gasteiger partial charge in [-0.05, 0) is 18.4 Å². The molecule has 0 aliphatic rings. The normalized spacial score (nSPS) is 13.5. The van der Waals surface area contributed by atoms with Gasteiger partial charge < -0.3 is 0 Å². The molecule has 1 aromatic heterocycles. The van der Waals surface area contributed by atoms with Gasteiger partial charge in [-0.15, -0.1) is 0 Å². The van der Waals surface area contributed by atoms with Crippen molar-refractivity contribution in [1.82, 2.24) is 9.78 Å². The molecule has 0 saturated carbocycles. The third kappa shape index (κ3) is 1.38. The van der Waals surface area contributed by atoms with Crippen LogP contribution >= 0.6 is 0 Å². The molecule has 0 aliphatic carbocycles. The molecule has 0 amide bonds. The molecule has 0 bridgehead atoms. The largest absolute Gasteiger partial charge is 0.266 e. The van der Waals surface area contributed by atoms with Crippen molar-refractivity contribution in [1.29, 1.82) is 0 Å². The summed E-state index contributed by atoms with van der Waals surface area (Å²) >= 11 is 0. The standard InChI is InChI=1S/C8H13N2/c1-4-7(2)8-5-6-10(3)9-8/h5,7H,4H2,1-3H3. The Kier molecular flexibility index (Phi) is 2.10. The van der Waals surface area contributed by atoms with Crippen LogP contribution in [0.3, 0.4) is 0 Å². The molecule has 1 unspecified atom stereocenters. The summed E-state index contributed by atoms with van der Waals surface area (Å²) in [6.07, 6.45) is 4.13. The first kappa shape index (κ1) is 7.32. The first-order valence-corrected chi connectivity index (χ1v) is 3.65. The summed E-state index contributed by atoms with van der Waals surface area (Å²) in [7, 11) is 1.89. The maximum Gasteiger partial charge on any atom is 0.0862 e. The molecular formula is C8H13N2. The summed E-state index contributed by atoms with van der Waals surface area (Å²) in [5, 5.41) is 4.24. The van der Waals surface area contributed by atoms with Crippen LogP contribution in [0.1, 0.15) is 31.9 Å². The summed E-state index contributed by atoms with van der Waals surface area (Å²) in [5.74, 6) is 0.567. The number of aryl methyl sites for hydroxylation is 1. The molecule has 1 rings (SSSR count). The van der Waals surface area contributed by atoms with Crippen LogP contribution in [-0.2, 0) is 7.05 Å². The molecule has 1 heterocycles. The Morgan fingerprint density at radius 1 is 1.80 bits per heavy atom. The number of hydrogen-bond acceptors (Lipinski definition) is 1. The lowest BCUT2D eigenvalue weighted by atomic mass is 10.1. The van der Waals surface area contributed by atoms with Crippen LogP contribution in [0, 0.1) is 6.20 Å². The fourth-order valence-corrected chi connectivity index (χ4v) is 0.840. The minimum Gasteiger partial charge on any atom is -0.266 e. The van der Waals surface area contributed by atoms with Crippen molar-refractivity contribution in [3.8, 4) is 0 Å². The number of hydrogen-bond donors (Lipinski definition) is 0. The second-order valence-electron chi connectivity index (χ2n) is 2.63. The lowest BCUT2D eigenvalue weighted by molar-refractivity contribution is 0.664. The highest BCUT2D eigenvalue weighted by Gasteiger charge is 2.04. The molecular weight excluding hydrogens is 124 g/mol. The molecule has 0 aromatic carbocycles. The lowest BCUT2D eigenvalue weighted by Crippen LogP contribution is -1.94. The Morgan fingerprint density at radius 2 is 2.50 bits per heavy atom. The van der Waals surface area contributed by atoms with Crippen molar-refractivity contribution in [3.05, 3.63) is 18.0 Å². The molecule has 1 atom stereocenters. The van der Waals surface area contributed by atoms with Crippen LogP contribution in [0.4, 0.5) is 0 Å². The maximum atomic E-state index is 4.24. The Balaban J connectivity index is 2.74. The molecule has 0 saturated heterocycles. The van der Waals surface area contributed by atoms with Crippen molar-refractivity contribution in [2.45, 2.75) is 26.2 Å². The Hall–Kier alpha value is -0.790. The summed E-state index contributed by atoms with van der Waals surface area (Å²) in [6.45, 7) is 4.34. The SMILES string of the molecule is CCC(C)c1c[c]n(C)n1. The van der Waals surface area contributed by atoms with E-state index in [1.54, 1.807) is 4.68 Å². The average molecular weight is 137 g/mol. The molecule has 1 aromatic rings. The highest BCUT2D eigenvalue weighted by molar-refractivity contribution is 5.03. The third-order valence-electron chi connectivity index (χ3n) is 1.78. The fraction of sp³-hybridized carbons (Fsp3) is 0.625. The Labute approximate surface area is 61.9 Å². The van der Waals surface area contributed by atoms with Gasteiger partial charge in [0.2, 0.25) is 0 Å². The van der Waals surface area contributed by atoms with E-state index < -0.39 is 0 Å². The van der Waals surface area contributed by atoms with Gasteiger partial charge in [0.1, 0.15) is 0 Å². The van der Waals surface area contributed by atoms with Crippen LogP contribution < -0.4 is 0 Å². The van der Waals surface area contributed by atoms with E-state index >= 15 is 0 Å². The lowest BCUT2D eigenvalue weighted by Gasteiger charge is -2.01. The second-order valence-corrected chi connectivity index (χ2v) is 2.63. The van der Waals surface area contributed by atoms with Crippen LogP contribution in [0.5, 0.6) is 0 Å². The monoisotopic (exact) mass is 137 g/mol. The summed E-state index contributed by atoms with van der Waals surface area (Å²) in [6, 6.07) is 1.95. The molecule has 0 N–H and O–H groups in total. The van der Waals surface area contributed by atoms with Gasteiger partial charge in [0.25, 0.3) is 0 Å². The van der Waals surface area contributed by atoms with Gasteiger partial charge in [-0.2, -0.15) is 5.10 Å². The summed E-state index contributed by atoms with van der Waals surface area (Å²) in [4.78, 5) is 0. The quantitative estimate of drug-likeness (QED) is 0.607. The Morgan fingerprint density at radius 3 is 2.90 bits per heavy atom. The zero-order chi connectivity index (χ0) is 7.56. The second kappa shape index (κ2) is 2.86. The topological polar surface area (TPSA) is 17.8 Å². The molecule has 0 spiro atoms. The van der Waals surface area contributed by atoms with Gasteiger partial charge in [-0.3, -0.25) is 4.68 Å². The zero-order valence-electron chi connectivity index (χ0n) is 6.76.